The molecule has 0 unspecified atom stereocenters. The maximum Gasteiger partial charge on any atom is 0.258 e. The number of rotatable bonds is 4. The van der Waals surface area contributed by atoms with Crippen molar-refractivity contribution in [2.45, 2.75) is 26.3 Å². The third-order valence-electron chi connectivity index (χ3n) is 2.97. The molecule has 2 aromatic rings. The first kappa shape index (κ1) is 14.0. The number of nitrogens with one attached hydrogen (secondary N) is 2. The van der Waals surface area contributed by atoms with Crippen LogP contribution in [0.2, 0.25) is 0 Å². The van der Waals surface area contributed by atoms with E-state index in [0.29, 0.717) is 16.7 Å². The molecular weight excluding hydrogens is 310 g/mol. The molecule has 0 aliphatic heterocycles. The van der Waals surface area contributed by atoms with Crippen molar-refractivity contribution in [3.05, 3.63) is 32.8 Å². The molecule has 1 aromatic heterocycles. The molecule has 2 rings (SSSR count). The van der Waals surface area contributed by atoms with Crippen molar-refractivity contribution in [1.82, 2.24) is 9.97 Å². The predicted molar refractivity (Wildman–Crippen MR) is 79.6 cm³/mol. The summed E-state index contributed by atoms with van der Waals surface area (Å²) >= 11 is 3.39. The fourth-order valence-electron chi connectivity index (χ4n) is 1.93. The minimum absolute atomic E-state index is 0.0344. The second kappa shape index (κ2) is 5.71. The van der Waals surface area contributed by atoms with E-state index in [2.05, 4.69) is 31.2 Å². The van der Waals surface area contributed by atoms with E-state index < -0.39 is 0 Å². The van der Waals surface area contributed by atoms with E-state index in [4.69, 9.17) is 0 Å². The highest BCUT2D eigenvalue weighted by molar-refractivity contribution is 9.10. The number of aryl methyl sites for hydroxylation is 1. The van der Waals surface area contributed by atoms with Crippen LogP contribution in [0.3, 0.4) is 0 Å². The molecule has 0 saturated heterocycles. The minimum Gasteiger partial charge on any atom is -0.394 e. The number of hydrogen-bond acceptors (Lipinski definition) is 4. The number of H-pyrrole nitrogens is 1. The molecule has 1 atom stereocenters. The summed E-state index contributed by atoms with van der Waals surface area (Å²) in [5, 5.41) is 13.0. The summed E-state index contributed by atoms with van der Waals surface area (Å²) in [5.74, 6) is 0.569. The van der Waals surface area contributed by atoms with E-state index in [9.17, 15) is 9.90 Å². The lowest BCUT2D eigenvalue weighted by Gasteiger charge is -2.17. The number of halogens is 1. The summed E-state index contributed by atoms with van der Waals surface area (Å²) in [6.45, 7) is 3.77. The average Bonchev–Trinajstić information content (AvgIpc) is 2.37. The lowest BCUT2D eigenvalue weighted by molar-refractivity contribution is 0.272. The zero-order valence-electron chi connectivity index (χ0n) is 10.8. The van der Waals surface area contributed by atoms with Gasteiger partial charge in [-0.05, 0) is 25.5 Å². The Labute approximate surface area is 119 Å². The molecule has 3 N–H and O–H groups in total. The largest absolute Gasteiger partial charge is 0.394 e. The minimum atomic E-state index is -0.163. The zero-order valence-corrected chi connectivity index (χ0v) is 12.4. The Morgan fingerprint density at radius 2 is 2.26 bits per heavy atom. The van der Waals surface area contributed by atoms with Gasteiger partial charge in [0.25, 0.3) is 5.56 Å². The first-order valence-corrected chi connectivity index (χ1v) is 6.92. The number of aromatic amines is 1. The number of anilines is 1. The van der Waals surface area contributed by atoms with Crippen molar-refractivity contribution in [2.24, 2.45) is 0 Å². The van der Waals surface area contributed by atoms with Gasteiger partial charge in [-0.15, -0.1) is 0 Å². The van der Waals surface area contributed by atoms with Crippen LogP contribution in [0, 0.1) is 6.92 Å². The monoisotopic (exact) mass is 325 g/mol. The molecule has 102 valence electrons. The van der Waals surface area contributed by atoms with E-state index >= 15 is 0 Å². The molecule has 0 spiro atoms. The van der Waals surface area contributed by atoms with Crippen LogP contribution in [0.15, 0.2) is 21.4 Å². The Kier molecular flexibility index (Phi) is 4.21. The summed E-state index contributed by atoms with van der Waals surface area (Å²) < 4.78 is 0.798. The number of benzene rings is 1. The zero-order chi connectivity index (χ0) is 14.0. The summed E-state index contributed by atoms with van der Waals surface area (Å²) in [4.78, 5) is 19.0. The number of aliphatic hydroxyl groups excluding tert-OH is 1. The Hall–Kier alpha value is -1.40. The van der Waals surface area contributed by atoms with Gasteiger partial charge in [0.2, 0.25) is 0 Å². The number of hydrogen-bond donors (Lipinski definition) is 3. The van der Waals surface area contributed by atoms with E-state index in [0.717, 1.165) is 16.6 Å². The first-order valence-electron chi connectivity index (χ1n) is 6.12. The standard InChI is InChI=1S/C13H16BrN3O2/c1-3-9(6-18)17-11-5-8(14)4-10-12(11)15-7(2)16-13(10)19/h4-5,9,17-18H,3,6H2,1-2H3,(H,15,16,19)/t9-/m1/s1. The molecule has 19 heavy (non-hydrogen) atoms. The third kappa shape index (κ3) is 2.96. The SMILES string of the molecule is CC[C@H](CO)Nc1cc(Br)cc2c(=O)[nH]c(C)nc12. The van der Waals surface area contributed by atoms with Crippen molar-refractivity contribution in [2.75, 3.05) is 11.9 Å². The van der Waals surface area contributed by atoms with Crippen LogP contribution in [0.4, 0.5) is 5.69 Å². The van der Waals surface area contributed by atoms with Gasteiger partial charge in [0.15, 0.2) is 0 Å². The van der Waals surface area contributed by atoms with Gasteiger partial charge in [-0.25, -0.2) is 4.98 Å². The van der Waals surface area contributed by atoms with Gasteiger partial charge in [-0.1, -0.05) is 22.9 Å². The van der Waals surface area contributed by atoms with Gasteiger partial charge in [-0.2, -0.15) is 0 Å². The second-order valence-electron chi connectivity index (χ2n) is 4.43. The van der Waals surface area contributed by atoms with Gasteiger partial charge < -0.3 is 15.4 Å². The molecule has 0 saturated carbocycles. The van der Waals surface area contributed by atoms with Crippen LogP contribution in [0.1, 0.15) is 19.2 Å². The quantitative estimate of drug-likeness (QED) is 0.805. The molecule has 1 heterocycles. The highest BCUT2D eigenvalue weighted by atomic mass is 79.9. The Morgan fingerprint density at radius 3 is 2.89 bits per heavy atom. The lowest BCUT2D eigenvalue weighted by Crippen LogP contribution is -2.23. The Morgan fingerprint density at radius 1 is 1.53 bits per heavy atom. The van der Waals surface area contributed by atoms with Gasteiger partial charge in [0.05, 0.1) is 17.7 Å². The van der Waals surface area contributed by atoms with Crippen molar-refractivity contribution < 1.29 is 5.11 Å². The topological polar surface area (TPSA) is 78.0 Å². The van der Waals surface area contributed by atoms with Crippen molar-refractivity contribution in [3.8, 4) is 0 Å². The predicted octanol–water partition coefficient (Wildman–Crippen LogP) is 2.18. The van der Waals surface area contributed by atoms with Crippen molar-refractivity contribution in [1.29, 1.82) is 0 Å². The molecule has 0 aliphatic rings. The molecule has 0 bridgehead atoms. The van der Waals surface area contributed by atoms with Crippen LogP contribution in [0.25, 0.3) is 10.9 Å². The van der Waals surface area contributed by atoms with Crippen molar-refractivity contribution >= 4 is 32.5 Å². The molecule has 6 heteroatoms. The van der Waals surface area contributed by atoms with E-state index in [1.165, 1.54) is 0 Å². The van der Waals surface area contributed by atoms with Gasteiger partial charge in [0.1, 0.15) is 11.3 Å². The van der Waals surface area contributed by atoms with Crippen molar-refractivity contribution in [3.63, 3.8) is 0 Å². The highest BCUT2D eigenvalue weighted by Gasteiger charge is 2.12. The molecule has 5 nitrogen and oxygen atoms in total. The van der Waals surface area contributed by atoms with E-state index in [-0.39, 0.29) is 18.2 Å². The Bertz CT molecular complexity index is 650. The summed E-state index contributed by atoms with van der Waals surface area (Å²) in [6.07, 6.45) is 0.784. The van der Waals surface area contributed by atoms with E-state index in [1.54, 1.807) is 13.0 Å². The molecular formula is C13H16BrN3O2. The maximum atomic E-state index is 11.9. The summed E-state index contributed by atoms with van der Waals surface area (Å²) in [5.41, 5.74) is 1.21. The normalized spacial score (nSPS) is 12.6. The Balaban J connectivity index is 2.62. The third-order valence-corrected chi connectivity index (χ3v) is 3.42. The molecule has 0 radical (unpaired) electrons. The van der Waals surface area contributed by atoms with Gasteiger partial charge in [-0.3, -0.25) is 4.79 Å². The van der Waals surface area contributed by atoms with Crippen LogP contribution in [-0.4, -0.2) is 27.7 Å². The molecule has 1 aromatic carbocycles. The first-order chi connectivity index (χ1) is 9.05. The van der Waals surface area contributed by atoms with Crippen LogP contribution >= 0.6 is 15.9 Å². The number of nitrogens with zero attached hydrogens (tertiary/aromatic N) is 1. The number of aliphatic hydroxyl groups is 1. The fraction of sp³-hybridized carbons (Fsp3) is 0.385. The van der Waals surface area contributed by atoms with Gasteiger partial charge >= 0.3 is 0 Å². The van der Waals surface area contributed by atoms with Crippen LogP contribution in [-0.2, 0) is 0 Å². The fourth-order valence-corrected chi connectivity index (χ4v) is 2.38. The summed E-state index contributed by atoms with van der Waals surface area (Å²) in [7, 11) is 0. The van der Waals surface area contributed by atoms with Gasteiger partial charge in [0, 0.05) is 10.5 Å². The number of aromatic nitrogens is 2. The number of fused-ring (bicyclic) bond motifs is 1. The van der Waals surface area contributed by atoms with E-state index in [1.807, 2.05) is 13.0 Å². The lowest BCUT2D eigenvalue weighted by atomic mass is 10.1. The summed E-state index contributed by atoms with van der Waals surface area (Å²) in [6, 6.07) is 3.55. The molecule has 0 aliphatic carbocycles. The second-order valence-corrected chi connectivity index (χ2v) is 5.35. The van der Waals surface area contributed by atoms with Crippen LogP contribution in [0.5, 0.6) is 0 Å². The highest BCUT2D eigenvalue weighted by Crippen LogP contribution is 2.25. The maximum absolute atomic E-state index is 11.9. The van der Waals surface area contributed by atoms with Crippen LogP contribution < -0.4 is 10.9 Å². The average molecular weight is 326 g/mol. The molecule has 0 amide bonds. The molecule has 0 fully saturated rings. The smallest absolute Gasteiger partial charge is 0.258 e.